The number of fused-ring (bicyclic) bond motifs is 1. The summed E-state index contributed by atoms with van der Waals surface area (Å²) >= 11 is 0. The van der Waals surface area contributed by atoms with Crippen LogP contribution in [0.15, 0.2) is 53.6 Å². The van der Waals surface area contributed by atoms with E-state index in [0.717, 1.165) is 50.3 Å². The van der Waals surface area contributed by atoms with Crippen molar-refractivity contribution in [3.8, 4) is 11.3 Å². The first-order chi connectivity index (χ1) is 20.8. The zero-order chi connectivity index (χ0) is 30.0. The van der Waals surface area contributed by atoms with Crippen LogP contribution in [-0.4, -0.2) is 72.2 Å². The number of H-pyrrole nitrogens is 1. The van der Waals surface area contributed by atoms with Crippen molar-refractivity contribution >= 4 is 23.1 Å². The molecule has 0 radical (unpaired) electrons. The van der Waals surface area contributed by atoms with E-state index in [4.69, 9.17) is 14.7 Å². The first kappa shape index (κ1) is 28.8. The minimum absolute atomic E-state index is 0.0469. The first-order valence-electron chi connectivity index (χ1n) is 15.3. The van der Waals surface area contributed by atoms with Gasteiger partial charge < -0.3 is 14.5 Å². The Morgan fingerprint density at radius 2 is 1.81 bits per heavy atom. The lowest BCUT2D eigenvalue weighted by Gasteiger charge is -2.39. The van der Waals surface area contributed by atoms with Gasteiger partial charge in [-0.2, -0.15) is 20.4 Å². The molecule has 1 aliphatic carbocycles. The molecule has 0 atom stereocenters. The highest BCUT2D eigenvalue weighted by atomic mass is 16.6. The summed E-state index contributed by atoms with van der Waals surface area (Å²) in [7, 11) is 0. The summed E-state index contributed by atoms with van der Waals surface area (Å²) < 4.78 is 7.68. The molecule has 11 heteroatoms. The molecular formula is C32H40N8O3. The molecule has 6 rings (SSSR count). The Morgan fingerprint density at radius 1 is 1.07 bits per heavy atom. The van der Waals surface area contributed by atoms with Gasteiger partial charge in [0.25, 0.3) is 5.56 Å². The maximum Gasteiger partial charge on any atom is 0.410 e. The Kier molecular flexibility index (Phi) is 8.14. The molecule has 2 fully saturated rings. The van der Waals surface area contributed by atoms with Gasteiger partial charge in [-0.05, 0) is 58.4 Å². The highest BCUT2D eigenvalue weighted by Crippen LogP contribution is 2.33. The minimum Gasteiger partial charge on any atom is -0.444 e. The molecular weight excluding hydrogens is 544 g/mol. The van der Waals surface area contributed by atoms with Crippen LogP contribution in [0.4, 0.5) is 10.7 Å². The lowest BCUT2D eigenvalue weighted by atomic mass is 10.0. The smallest absolute Gasteiger partial charge is 0.410 e. The molecule has 43 heavy (non-hydrogen) atoms. The number of piperidine rings is 1. The summed E-state index contributed by atoms with van der Waals surface area (Å²) in [4.78, 5) is 40.6. The summed E-state index contributed by atoms with van der Waals surface area (Å²) in [5, 5.41) is 11.6. The highest BCUT2D eigenvalue weighted by molar-refractivity contribution is 5.91. The maximum absolute atomic E-state index is 13.4. The second-order valence-corrected chi connectivity index (χ2v) is 12.6. The summed E-state index contributed by atoms with van der Waals surface area (Å²) in [6.45, 7) is 7.68. The number of pyridine rings is 1. The third kappa shape index (κ3) is 6.40. The van der Waals surface area contributed by atoms with Gasteiger partial charge in [-0.15, -0.1) is 0 Å². The lowest BCUT2D eigenvalue weighted by Crippen LogP contribution is -2.50. The maximum atomic E-state index is 13.4. The number of amides is 1. The number of carbonyl (C=O) groups is 1. The van der Waals surface area contributed by atoms with Crippen LogP contribution in [0.5, 0.6) is 0 Å². The molecule has 4 aromatic rings. The summed E-state index contributed by atoms with van der Waals surface area (Å²) in [5.41, 5.74) is 2.46. The van der Waals surface area contributed by atoms with E-state index in [-0.39, 0.29) is 23.7 Å². The van der Waals surface area contributed by atoms with Crippen LogP contribution >= 0.6 is 0 Å². The molecule has 1 N–H and O–H groups in total. The fourth-order valence-corrected chi connectivity index (χ4v) is 6.34. The van der Waals surface area contributed by atoms with Gasteiger partial charge in [0.2, 0.25) is 5.95 Å². The van der Waals surface area contributed by atoms with E-state index in [0.29, 0.717) is 42.5 Å². The number of rotatable bonds is 7. The molecule has 0 spiro atoms. The molecule has 3 aromatic heterocycles. The quantitative estimate of drug-likeness (QED) is 0.317. The number of carbonyl (C=O) groups excluding carboxylic acids is 1. The normalized spacial score (nSPS) is 16.6. The number of nitrogens with one attached hydrogen (secondary N) is 1. The van der Waals surface area contributed by atoms with E-state index in [1.807, 2.05) is 54.6 Å². The summed E-state index contributed by atoms with van der Waals surface area (Å²) in [5.74, 6) is 0.600. The first-order valence-corrected chi connectivity index (χ1v) is 15.3. The van der Waals surface area contributed by atoms with E-state index in [9.17, 15) is 9.59 Å². The molecule has 1 aromatic carbocycles. The average molecular weight is 585 g/mol. The number of aromatic nitrogens is 6. The second-order valence-electron chi connectivity index (χ2n) is 12.6. The van der Waals surface area contributed by atoms with Crippen LogP contribution in [0.25, 0.3) is 22.3 Å². The van der Waals surface area contributed by atoms with Crippen LogP contribution in [-0.2, 0) is 11.2 Å². The molecule has 0 bridgehead atoms. The standard InChI is InChI=1S/C32H40N8O3/c1-32(2,3)43-31(42)39(18-13-22-9-5-4-6-10-22)23-14-16-38(17-15-23)30-33-20-26-25(27-21-34-37-36-27)19-28(41)40(29(26)35-30)24-11-7-8-12-24/h4-6,9-10,19-21,23-24H,7-8,11-18H2,1-3H3,(H,34,36,37). The Hall–Kier alpha value is -4.28. The van der Waals surface area contributed by atoms with Gasteiger partial charge in [0.15, 0.2) is 0 Å². The topological polar surface area (TPSA) is 122 Å². The largest absolute Gasteiger partial charge is 0.444 e. The van der Waals surface area contributed by atoms with Crippen molar-refractivity contribution in [1.29, 1.82) is 0 Å². The molecule has 4 heterocycles. The number of hydrogen-bond acceptors (Lipinski definition) is 8. The number of hydrogen-bond donors (Lipinski definition) is 1. The van der Waals surface area contributed by atoms with Gasteiger partial charge in [-0.1, -0.05) is 43.2 Å². The predicted molar refractivity (Wildman–Crippen MR) is 165 cm³/mol. The number of aromatic amines is 1. The van der Waals surface area contributed by atoms with Crippen molar-refractivity contribution in [2.75, 3.05) is 24.5 Å². The van der Waals surface area contributed by atoms with Crippen molar-refractivity contribution in [2.45, 2.75) is 83.4 Å². The minimum atomic E-state index is -0.568. The SMILES string of the molecule is CC(C)(C)OC(=O)N(CCc1ccccc1)C1CCN(c2ncc3c(-c4cn[nH]n4)cc(=O)n(C4CCCC4)c3n2)CC1. The Bertz CT molecular complexity index is 1600. The number of anilines is 1. The second kappa shape index (κ2) is 12.1. The molecule has 0 unspecified atom stereocenters. The number of nitrogens with zero attached hydrogens (tertiary/aromatic N) is 7. The van der Waals surface area contributed by atoms with E-state index >= 15 is 0 Å². The molecule has 11 nitrogen and oxygen atoms in total. The Morgan fingerprint density at radius 3 is 2.49 bits per heavy atom. The zero-order valence-corrected chi connectivity index (χ0v) is 25.2. The van der Waals surface area contributed by atoms with E-state index in [1.54, 1.807) is 12.3 Å². The van der Waals surface area contributed by atoms with Gasteiger partial charge in [0.05, 0.1) is 6.20 Å². The van der Waals surface area contributed by atoms with Gasteiger partial charge in [-0.3, -0.25) is 9.36 Å². The molecule has 1 saturated carbocycles. The molecule has 226 valence electrons. The average Bonchev–Trinajstić information content (AvgIpc) is 3.72. The zero-order valence-electron chi connectivity index (χ0n) is 25.2. The number of ether oxygens (including phenoxy) is 1. The fourth-order valence-electron chi connectivity index (χ4n) is 6.34. The summed E-state index contributed by atoms with van der Waals surface area (Å²) in [6, 6.07) is 12.0. The van der Waals surface area contributed by atoms with Gasteiger partial charge in [-0.25, -0.2) is 9.78 Å². The van der Waals surface area contributed by atoms with Crippen molar-refractivity contribution in [2.24, 2.45) is 0 Å². The molecule has 1 aliphatic heterocycles. The molecule has 1 amide bonds. The van der Waals surface area contributed by atoms with Crippen molar-refractivity contribution in [1.82, 2.24) is 34.8 Å². The molecule has 1 saturated heterocycles. The van der Waals surface area contributed by atoms with E-state index in [1.165, 1.54) is 5.56 Å². The summed E-state index contributed by atoms with van der Waals surface area (Å²) in [6.07, 6.45) is 9.59. The monoisotopic (exact) mass is 584 g/mol. The van der Waals surface area contributed by atoms with Crippen molar-refractivity contribution in [3.05, 3.63) is 64.7 Å². The van der Waals surface area contributed by atoms with E-state index < -0.39 is 5.60 Å². The Balaban J connectivity index is 1.25. The third-order valence-electron chi connectivity index (χ3n) is 8.46. The van der Waals surface area contributed by atoms with Crippen LogP contribution in [0.3, 0.4) is 0 Å². The van der Waals surface area contributed by atoms with Crippen molar-refractivity contribution in [3.63, 3.8) is 0 Å². The lowest BCUT2D eigenvalue weighted by molar-refractivity contribution is 0.0138. The van der Waals surface area contributed by atoms with Crippen LogP contribution in [0.1, 0.15) is 70.9 Å². The highest BCUT2D eigenvalue weighted by Gasteiger charge is 2.32. The third-order valence-corrected chi connectivity index (χ3v) is 8.46. The van der Waals surface area contributed by atoms with Crippen molar-refractivity contribution < 1.29 is 9.53 Å². The van der Waals surface area contributed by atoms with Crippen LogP contribution in [0, 0.1) is 0 Å². The number of benzene rings is 1. The predicted octanol–water partition coefficient (Wildman–Crippen LogP) is 5.14. The van der Waals surface area contributed by atoms with Gasteiger partial charge in [0, 0.05) is 54.9 Å². The van der Waals surface area contributed by atoms with Gasteiger partial charge in [0.1, 0.15) is 16.9 Å². The van der Waals surface area contributed by atoms with Crippen LogP contribution < -0.4 is 10.5 Å². The molecule has 2 aliphatic rings. The van der Waals surface area contributed by atoms with E-state index in [2.05, 4.69) is 32.4 Å². The fraction of sp³-hybridized carbons (Fsp3) is 0.500. The van der Waals surface area contributed by atoms with Gasteiger partial charge >= 0.3 is 6.09 Å². The van der Waals surface area contributed by atoms with Crippen LogP contribution in [0.2, 0.25) is 0 Å². The Labute approximate surface area is 251 Å².